The van der Waals surface area contributed by atoms with Gasteiger partial charge >= 0.3 is 12.1 Å². The Morgan fingerprint density at radius 2 is 2.10 bits per heavy atom. The molecule has 0 bridgehead atoms. The number of alkyl halides is 3. The predicted octanol–water partition coefficient (Wildman–Crippen LogP) is 2.41. The Balaban J connectivity index is 3.05. The summed E-state index contributed by atoms with van der Waals surface area (Å²) in [6.45, 7) is -0.185. The number of hydrogen-bond donors (Lipinski definition) is 1. The van der Waals surface area contributed by atoms with Crippen molar-refractivity contribution in [3.63, 3.8) is 0 Å². The van der Waals surface area contributed by atoms with Crippen molar-refractivity contribution in [2.75, 3.05) is 27.3 Å². The van der Waals surface area contributed by atoms with E-state index in [9.17, 15) is 18.0 Å². The minimum Gasteiger partial charge on any atom is -0.480 e. The summed E-state index contributed by atoms with van der Waals surface area (Å²) >= 11 is 0. The minimum atomic E-state index is -4.43. The largest absolute Gasteiger partial charge is 0.480 e. The fraction of sp³-hybridized carbons (Fsp3) is 0.462. The summed E-state index contributed by atoms with van der Waals surface area (Å²) in [6, 6.07) is 4.26. The second kappa shape index (κ2) is 6.71. The molecule has 0 spiro atoms. The van der Waals surface area contributed by atoms with Gasteiger partial charge < -0.3 is 9.84 Å². The van der Waals surface area contributed by atoms with Crippen LogP contribution in [0.2, 0.25) is 0 Å². The number of nitrogens with zero attached hydrogens (tertiary/aromatic N) is 1. The van der Waals surface area contributed by atoms with E-state index < -0.39 is 23.8 Å². The van der Waals surface area contributed by atoms with Crippen molar-refractivity contribution in [1.29, 1.82) is 0 Å². The summed E-state index contributed by atoms with van der Waals surface area (Å²) in [6.07, 6.45) is -4.43. The average molecular weight is 291 g/mol. The highest BCUT2D eigenvalue weighted by Gasteiger charge is 2.31. The molecule has 1 atom stereocenters. The summed E-state index contributed by atoms with van der Waals surface area (Å²) in [7, 11) is 2.94. The van der Waals surface area contributed by atoms with Gasteiger partial charge in [-0.1, -0.05) is 12.1 Å². The summed E-state index contributed by atoms with van der Waals surface area (Å²) < 4.78 is 43.0. The fourth-order valence-corrected chi connectivity index (χ4v) is 1.88. The van der Waals surface area contributed by atoms with E-state index in [-0.39, 0.29) is 13.2 Å². The zero-order valence-electron chi connectivity index (χ0n) is 11.1. The average Bonchev–Trinajstić information content (AvgIpc) is 2.34. The first kappa shape index (κ1) is 16.5. The molecule has 0 saturated carbocycles. The van der Waals surface area contributed by atoms with E-state index in [4.69, 9.17) is 9.84 Å². The van der Waals surface area contributed by atoms with Crippen LogP contribution >= 0.6 is 0 Å². The van der Waals surface area contributed by atoms with Crippen LogP contribution in [0.3, 0.4) is 0 Å². The normalized spacial score (nSPS) is 13.5. The van der Waals surface area contributed by atoms with Crippen molar-refractivity contribution in [2.45, 2.75) is 12.2 Å². The number of aliphatic carboxylic acids is 1. The first-order chi connectivity index (χ1) is 9.25. The zero-order valence-corrected chi connectivity index (χ0v) is 11.1. The molecule has 4 nitrogen and oxygen atoms in total. The van der Waals surface area contributed by atoms with E-state index in [1.165, 1.54) is 31.2 Å². The first-order valence-corrected chi connectivity index (χ1v) is 5.84. The lowest BCUT2D eigenvalue weighted by Gasteiger charge is -2.27. The van der Waals surface area contributed by atoms with Crippen LogP contribution in [0.4, 0.5) is 13.2 Å². The summed E-state index contributed by atoms with van der Waals surface area (Å²) in [5.74, 6) is -1.06. The standard InChI is InChI=1S/C13H16F3NO3/c1-17(7-12(18)19)11(8-20-2)9-4-3-5-10(6-9)13(14,15)16/h3-6,11H,7-8H2,1-2H3,(H,18,19)/t11-/m0/s1. The molecule has 0 saturated heterocycles. The predicted molar refractivity (Wildman–Crippen MR) is 66.3 cm³/mol. The van der Waals surface area contributed by atoms with Gasteiger partial charge in [-0.25, -0.2) is 0 Å². The van der Waals surface area contributed by atoms with Gasteiger partial charge in [0.05, 0.1) is 24.8 Å². The van der Waals surface area contributed by atoms with Gasteiger partial charge in [-0.2, -0.15) is 13.2 Å². The maximum atomic E-state index is 12.7. The molecule has 0 aliphatic rings. The van der Waals surface area contributed by atoms with Gasteiger partial charge in [-0.3, -0.25) is 9.69 Å². The highest BCUT2D eigenvalue weighted by Crippen LogP contribution is 2.31. The molecule has 0 unspecified atom stereocenters. The lowest BCUT2D eigenvalue weighted by Crippen LogP contribution is -2.32. The van der Waals surface area contributed by atoms with E-state index in [0.29, 0.717) is 5.56 Å². The zero-order chi connectivity index (χ0) is 15.3. The van der Waals surface area contributed by atoms with Crippen molar-refractivity contribution in [2.24, 2.45) is 0 Å². The first-order valence-electron chi connectivity index (χ1n) is 5.84. The smallest absolute Gasteiger partial charge is 0.416 e. The van der Waals surface area contributed by atoms with Crippen LogP contribution in [0.1, 0.15) is 17.2 Å². The van der Waals surface area contributed by atoms with E-state index in [1.54, 1.807) is 0 Å². The number of ether oxygens (including phenoxy) is 1. The number of methoxy groups -OCH3 is 1. The molecule has 0 radical (unpaired) electrons. The molecule has 0 aliphatic carbocycles. The van der Waals surface area contributed by atoms with Crippen LogP contribution in [0.5, 0.6) is 0 Å². The number of hydrogen-bond acceptors (Lipinski definition) is 3. The summed E-state index contributed by atoms with van der Waals surface area (Å²) in [5.41, 5.74) is -0.398. The Hall–Kier alpha value is -1.60. The lowest BCUT2D eigenvalue weighted by molar-refractivity contribution is -0.139. The van der Waals surface area contributed by atoms with Crippen molar-refractivity contribution < 1.29 is 27.8 Å². The molecule has 112 valence electrons. The number of carbonyl (C=O) groups is 1. The van der Waals surface area contributed by atoms with E-state index in [2.05, 4.69) is 0 Å². The van der Waals surface area contributed by atoms with Gasteiger partial charge in [0.25, 0.3) is 0 Å². The maximum Gasteiger partial charge on any atom is 0.416 e. The van der Waals surface area contributed by atoms with Crippen LogP contribution < -0.4 is 0 Å². The Morgan fingerprint density at radius 3 is 2.60 bits per heavy atom. The molecule has 7 heteroatoms. The maximum absolute atomic E-state index is 12.7. The van der Waals surface area contributed by atoms with Crippen LogP contribution in [0.15, 0.2) is 24.3 Å². The minimum absolute atomic E-state index is 0.102. The van der Waals surface area contributed by atoms with E-state index in [0.717, 1.165) is 12.1 Å². The second-order valence-electron chi connectivity index (χ2n) is 4.40. The van der Waals surface area contributed by atoms with Gasteiger partial charge in [-0.15, -0.1) is 0 Å². The SMILES string of the molecule is COC[C@@H](c1cccc(C(F)(F)F)c1)N(C)CC(=O)O. The van der Waals surface area contributed by atoms with Crippen molar-refractivity contribution in [1.82, 2.24) is 4.90 Å². The Kier molecular flexibility index (Phi) is 5.52. The van der Waals surface area contributed by atoms with Gasteiger partial charge in [0.2, 0.25) is 0 Å². The topological polar surface area (TPSA) is 49.8 Å². The fourth-order valence-electron chi connectivity index (χ4n) is 1.88. The summed E-state index contributed by atoms with van der Waals surface area (Å²) in [5, 5.41) is 8.77. The molecular weight excluding hydrogens is 275 g/mol. The highest BCUT2D eigenvalue weighted by molar-refractivity contribution is 5.69. The molecule has 1 aromatic carbocycles. The van der Waals surface area contributed by atoms with Crippen LogP contribution in [0, 0.1) is 0 Å². The third-order valence-corrected chi connectivity index (χ3v) is 2.84. The van der Waals surface area contributed by atoms with Crippen molar-refractivity contribution in [3.05, 3.63) is 35.4 Å². The molecule has 1 rings (SSSR count). The molecule has 20 heavy (non-hydrogen) atoms. The third kappa shape index (κ3) is 4.50. The van der Waals surface area contributed by atoms with Gasteiger partial charge in [0, 0.05) is 7.11 Å². The van der Waals surface area contributed by atoms with Gasteiger partial charge in [0.1, 0.15) is 0 Å². The number of halogens is 3. The quantitative estimate of drug-likeness (QED) is 0.874. The van der Waals surface area contributed by atoms with E-state index >= 15 is 0 Å². The number of carboxylic acid groups (broad SMARTS) is 1. The molecule has 0 aliphatic heterocycles. The van der Waals surface area contributed by atoms with Crippen molar-refractivity contribution >= 4 is 5.97 Å². The molecule has 1 aromatic rings. The summed E-state index contributed by atoms with van der Waals surface area (Å²) in [4.78, 5) is 12.1. The molecule has 0 heterocycles. The second-order valence-corrected chi connectivity index (χ2v) is 4.40. The van der Waals surface area contributed by atoms with Crippen LogP contribution in [-0.2, 0) is 15.7 Å². The number of likely N-dealkylation sites (N-methyl/N-ethyl adjacent to an activating group) is 1. The molecule has 0 amide bonds. The monoisotopic (exact) mass is 291 g/mol. The Labute approximate surface area is 114 Å². The van der Waals surface area contributed by atoms with Crippen LogP contribution in [0.25, 0.3) is 0 Å². The molecule has 0 aromatic heterocycles. The molecule has 1 N–H and O–H groups in total. The third-order valence-electron chi connectivity index (χ3n) is 2.84. The number of rotatable bonds is 6. The highest BCUT2D eigenvalue weighted by atomic mass is 19.4. The Morgan fingerprint density at radius 1 is 1.45 bits per heavy atom. The number of benzene rings is 1. The van der Waals surface area contributed by atoms with Crippen LogP contribution in [-0.4, -0.2) is 43.3 Å². The number of carboxylic acids is 1. The van der Waals surface area contributed by atoms with Crippen molar-refractivity contribution in [3.8, 4) is 0 Å². The lowest BCUT2D eigenvalue weighted by atomic mass is 10.0. The van der Waals surface area contributed by atoms with E-state index in [1.807, 2.05) is 0 Å². The van der Waals surface area contributed by atoms with Gasteiger partial charge in [0.15, 0.2) is 0 Å². The van der Waals surface area contributed by atoms with Gasteiger partial charge in [-0.05, 0) is 24.7 Å². The molecular formula is C13H16F3NO3. The molecule has 0 fully saturated rings. The Bertz CT molecular complexity index is 462.